The first-order valence-electron chi connectivity index (χ1n) is 25.4. The van der Waals surface area contributed by atoms with Gasteiger partial charge in [0.15, 0.2) is 0 Å². The van der Waals surface area contributed by atoms with E-state index in [0.717, 1.165) is 38.5 Å². The molecule has 0 bridgehead atoms. The molecule has 0 saturated carbocycles. The van der Waals surface area contributed by atoms with E-state index in [-0.39, 0.29) is 12.5 Å². The van der Waals surface area contributed by atoms with Gasteiger partial charge in [-0.05, 0) is 57.8 Å². The quantitative estimate of drug-likeness (QED) is 0.0424. The van der Waals surface area contributed by atoms with Crippen molar-refractivity contribution >= 4 is 5.91 Å². The van der Waals surface area contributed by atoms with E-state index in [4.69, 9.17) is 0 Å². The summed E-state index contributed by atoms with van der Waals surface area (Å²) in [4.78, 5) is 12.4. The molecule has 0 aromatic carbocycles. The number of unbranched alkanes of at least 4 members (excludes halogenated alkanes) is 33. The first-order chi connectivity index (χ1) is 28.2. The lowest BCUT2D eigenvalue weighted by atomic mass is 10.0. The molecule has 0 spiro atoms. The zero-order chi connectivity index (χ0) is 41.4. The van der Waals surface area contributed by atoms with Gasteiger partial charge in [-0.15, -0.1) is 0 Å². The number of allylic oxidation sites excluding steroid dienone is 7. The number of aliphatic hydroxyl groups excluding tert-OH is 2. The normalized spacial score (nSPS) is 13.3. The van der Waals surface area contributed by atoms with E-state index < -0.39 is 12.1 Å². The first kappa shape index (κ1) is 55.4. The van der Waals surface area contributed by atoms with Crippen LogP contribution in [0.25, 0.3) is 0 Å². The topological polar surface area (TPSA) is 69.6 Å². The number of carbonyl (C=O) groups is 1. The molecule has 0 aliphatic rings. The highest BCUT2D eigenvalue weighted by Crippen LogP contribution is 2.16. The Labute approximate surface area is 356 Å². The number of nitrogens with one attached hydrogen (secondary N) is 1. The number of hydrogen-bond acceptors (Lipinski definition) is 3. The second-order valence-electron chi connectivity index (χ2n) is 17.2. The number of aliphatic hydroxyl groups is 2. The van der Waals surface area contributed by atoms with Crippen LogP contribution in [-0.2, 0) is 4.79 Å². The van der Waals surface area contributed by atoms with Crippen LogP contribution in [0.15, 0.2) is 48.6 Å². The Morgan fingerprint density at radius 3 is 1.07 bits per heavy atom. The Balaban J connectivity index is 3.51. The fraction of sp³-hybridized carbons (Fsp3) is 0.830. The summed E-state index contributed by atoms with van der Waals surface area (Å²) < 4.78 is 0. The third-order valence-electron chi connectivity index (χ3n) is 11.6. The monoisotopic (exact) mass is 798 g/mol. The molecule has 4 heteroatoms. The molecule has 0 saturated heterocycles. The highest BCUT2D eigenvalue weighted by Gasteiger charge is 2.18. The number of rotatable bonds is 46. The largest absolute Gasteiger partial charge is 0.394 e. The van der Waals surface area contributed by atoms with E-state index in [2.05, 4.69) is 55.6 Å². The molecule has 57 heavy (non-hydrogen) atoms. The molecule has 0 aromatic rings. The molecule has 334 valence electrons. The Morgan fingerprint density at radius 1 is 0.421 bits per heavy atom. The van der Waals surface area contributed by atoms with Crippen molar-refractivity contribution in [1.82, 2.24) is 5.32 Å². The lowest BCUT2D eigenvalue weighted by molar-refractivity contribution is -0.123. The van der Waals surface area contributed by atoms with Gasteiger partial charge in [0, 0.05) is 6.42 Å². The first-order valence-corrected chi connectivity index (χ1v) is 25.4. The molecule has 0 heterocycles. The molecule has 2 atom stereocenters. The second kappa shape index (κ2) is 48.7. The van der Waals surface area contributed by atoms with E-state index in [1.54, 1.807) is 6.08 Å². The standard InChI is InChI=1S/C53H99NO3/c1-3-5-7-9-11-13-15-17-19-21-22-23-24-25-26-27-28-29-30-31-32-33-35-37-39-41-43-45-47-49-53(57)54-51(50-55)52(56)48-46-44-42-40-38-36-34-20-18-16-14-12-10-8-6-4-2/h15,17,21-22,24-25,46,48,51-52,55-56H,3-14,16,18-20,23,26-45,47,49-50H2,1-2H3,(H,54,57)/b17-15-,22-21-,25-24-,48-46+. The Kier molecular flexibility index (Phi) is 47.3. The van der Waals surface area contributed by atoms with E-state index in [1.807, 2.05) is 6.08 Å². The minimum atomic E-state index is -0.839. The lowest BCUT2D eigenvalue weighted by Gasteiger charge is -2.20. The van der Waals surface area contributed by atoms with E-state index in [0.29, 0.717) is 6.42 Å². The number of carbonyl (C=O) groups excluding carboxylic acids is 1. The second-order valence-corrected chi connectivity index (χ2v) is 17.2. The fourth-order valence-electron chi connectivity index (χ4n) is 7.66. The van der Waals surface area contributed by atoms with E-state index in [9.17, 15) is 15.0 Å². The third-order valence-corrected chi connectivity index (χ3v) is 11.6. The summed E-state index contributed by atoms with van der Waals surface area (Å²) in [5.41, 5.74) is 0. The van der Waals surface area contributed by atoms with Crippen LogP contribution in [0.2, 0.25) is 0 Å². The van der Waals surface area contributed by atoms with Gasteiger partial charge in [-0.1, -0.05) is 249 Å². The van der Waals surface area contributed by atoms with Crippen molar-refractivity contribution in [2.45, 2.75) is 276 Å². The fourth-order valence-corrected chi connectivity index (χ4v) is 7.66. The van der Waals surface area contributed by atoms with Gasteiger partial charge < -0.3 is 15.5 Å². The molecule has 3 N–H and O–H groups in total. The van der Waals surface area contributed by atoms with Crippen LogP contribution in [0.4, 0.5) is 0 Å². The van der Waals surface area contributed by atoms with Gasteiger partial charge >= 0.3 is 0 Å². The van der Waals surface area contributed by atoms with Gasteiger partial charge in [0.1, 0.15) is 0 Å². The van der Waals surface area contributed by atoms with Crippen LogP contribution in [0, 0.1) is 0 Å². The molecule has 2 unspecified atom stereocenters. The molecule has 0 aliphatic carbocycles. The molecule has 0 aliphatic heterocycles. The molecule has 0 radical (unpaired) electrons. The molecule has 0 fully saturated rings. The summed E-state index contributed by atoms with van der Waals surface area (Å²) in [6.07, 6.45) is 66.7. The Bertz CT molecular complexity index is 908. The molecular weight excluding hydrogens is 699 g/mol. The minimum Gasteiger partial charge on any atom is -0.394 e. The van der Waals surface area contributed by atoms with Crippen molar-refractivity contribution in [3.8, 4) is 0 Å². The van der Waals surface area contributed by atoms with Crippen molar-refractivity contribution in [3.63, 3.8) is 0 Å². The van der Waals surface area contributed by atoms with Crippen LogP contribution in [0.5, 0.6) is 0 Å². The number of amides is 1. The Hall–Kier alpha value is -1.65. The molecule has 0 aromatic heterocycles. The predicted molar refractivity (Wildman–Crippen MR) is 253 cm³/mol. The van der Waals surface area contributed by atoms with Gasteiger partial charge in [-0.25, -0.2) is 0 Å². The predicted octanol–water partition coefficient (Wildman–Crippen LogP) is 16.3. The maximum Gasteiger partial charge on any atom is 0.220 e. The van der Waals surface area contributed by atoms with Crippen molar-refractivity contribution < 1.29 is 15.0 Å². The molecule has 1 amide bonds. The van der Waals surface area contributed by atoms with Crippen LogP contribution in [0.1, 0.15) is 264 Å². The van der Waals surface area contributed by atoms with Gasteiger partial charge in [0.2, 0.25) is 5.91 Å². The highest BCUT2D eigenvalue weighted by atomic mass is 16.3. The van der Waals surface area contributed by atoms with E-state index in [1.165, 1.54) is 205 Å². The zero-order valence-electron chi connectivity index (χ0n) is 38.4. The average Bonchev–Trinajstić information content (AvgIpc) is 3.22. The highest BCUT2D eigenvalue weighted by molar-refractivity contribution is 5.76. The third kappa shape index (κ3) is 45.3. The summed E-state index contributed by atoms with van der Waals surface area (Å²) in [7, 11) is 0. The van der Waals surface area contributed by atoms with Crippen LogP contribution >= 0.6 is 0 Å². The molecule has 4 nitrogen and oxygen atoms in total. The van der Waals surface area contributed by atoms with Crippen molar-refractivity contribution in [3.05, 3.63) is 48.6 Å². The van der Waals surface area contributed by atoms with E-state index >= 15 is 0 Å². The molecular formula is C53H99NO3. The van der Waals surface area contributed by atoms with Crippen LogP contribution < -0.4 is 5.32 Å². The van der Waals surface area contributed by atoms with Gasteiger partial charge in [-0.2, -0.15) is 0 Å². The zero-order valence-corrected chi connectivity index (χ0v) is 38.4. The van der Waals surface area contributed by atoms with Crippen LogP contribution in [-0.4, -0.2) is 34.9 Å². The van der Waals surface area contributed by atoms with Gasteiger partial charge in [0.05, 0.1) is 18.8 Å². The van der Waals surface area contributed by atoms with Gasteiger partial charge in [-0.3, -0.25) is 4.79 Å². The van der Waals surface area contributed by atoms with Crippen molar-refractivity contribution in [2.75, 3.05) is 6.61 Å². The lowest BCUT2D eigenvalue weighted by Crippen LogP contribution is -2.45. The summed E-state index contributed by atoms with van der Waals surface area (Å²) in [6, 6.07) is -0.623. The van der Waals surface area contributed by atoms with Gasteiger partial charge in [0.25, 0.3) is 0 Å². The average molecular weight is 798 g/mol. The van der Waals surface area contributed by atoms with Crippen molar-refractivity contribution in [1.29, 1.82) is 0 Å². The Morgan fingerprint density at radius 2 is 0.719 bits per heavy atom. The minimum absolute atomic E-state index is 0.0637. The maximum absolute atomic E-state index is 12.4. The van der Waals surface area contributed by atoms with Crippen LogP contribution in [0.3, 0.4) is 0 Å². The summed E-state index contributed by atoms with van der Waals surface area (Å²) in [6.45, 7) is 4.31. The summed E-state index contributed by atoms with van der Waals surface area (Å²) in [5, 5.41) is 23.1. The number of hydrogen-bond donors (Lipinski definition) is 3. The summed E-state index contributed by atoms with van der Waals surface area (Å²) in [5.74, 6) is -0.0637. The smallest absolute Gasteiger partial charge is 0.220 e. The molecule has 0 rings (SSSR count). The maximum atomic E-state index is 12.4. The van der Waals surface area contributed by atoms with Crippen molar-refractivity contribution in [2.24, 2.45) is 0 Å². The SMILES string of the molecule is CCCCCCC/C=C\C/C=C\C/C=C\CCCCCCCCCCCCCCCCC(=O)NC(CO)C(O)/C=C/CCCCCCCCCCCCCCCC. The summed E-state index contributed by atoms with van der Waals surface area (Å²) >= 11 is 0.